The third-order valence-electron chi connectivity index (χ3n) is 4.07. The molecule has 0 N–H and O–H groups in total. The fraction of sp³-hybridized carbons (Fsp3) is 0.312. The van der Waals surface area contributed by atoms with Crippen LogP contribution in [0.25, 0.3) is 0 Å². The van der Waals surface area contributed by atoms with Crippen LogP contribution in [0.4, 0.5) is 0 Å². The maximum absolute atomic E-state index is 12.5. The summed E-state index contributed by atoms with van der Waals surface area (Å²) in [5, 5.41) is 0. The fourth-order valence-electron chi connectivity index (χ4n) is 2.73. The molecule has 0 amide bonds. The van der Waals surface area contributed by atoms with Crippen LogP contribution in [0.2, 0.25) is 0 Å². The van der Waals surface area contributed by atoms with E-state index in [-0.39, 0.29) is 23.2 Å². The van der Waals surface area contributed by atoms with Crippen LogP contribution in [-0.4, -0.2) is 14.9 Å². The molecule has 0 aliphatic heterocycles. The molecule has 0 bridgehead atoms. The van der Waals surface area contributed by atoms with Crippen LogP contribution in [-0.2, 0) is 14.1 Å². The average Bonchev–Trinajstić information content (AvgIpc) is 3.29. The molecule has 1 heterocycles. The van der Waals surface area contributed by atoms with Crippen LogP contribution < -0.4 is 11.2 Å². The molecular formula is C16H16N2O3. The van der Waals surface area contributed by atoms with Crippen LogP contribution in [0.1, 0.15) is 28.3 Å². The molecule has 108 valence electrons. The second-order valence-corrected chi connectivity index (χ2v) is 5.52. The Labute approximate surface area is 121 Å². The van der Waals surface area contributed by atoms with Gasteiger partial charge in [0.05, 0.1) is 5.56 Å². The van der Waals surface area contributed by atoms with Crippen LogP contribution in [0.15, 0.2) is 46.1 Å². The maximum atomic E-state index is 12.5. The highest BCUT2D eigenvalue weighted by molar-refractivity contribution is 5.99. The number of hydrogen-bond donors (Lipinski definition) is 0. The molecule has 2 unspecified atom stereocenters. The summed E-state index contributed by atoms with van der Waals surface area (Å²) in [7, 11) is 2.93. The van der Waals surface area contributed by atoms with Crippen LogP contribution in [0, 0.1) is 5.92 Å². The summed E-state index contributed by atoms with van der Waals surface area (Å²) < 4.78 is 2.25. The molecule has 1 fully saturated rings. The Morgan fingerprint density at radius 3 is 2.48 bits per heavy atom. The molecule has 1 saturated carbocycles. The van der Waals surface area contributed by atoms with Crippen molar-refractivity contribution in [3.8, 4) is 0 Å². The predicted molar refractivity (Wildman–Crippen MR) is 78.5 cm³/mol. The van der Waals surface area contributed by atoms with E-state index in [1.807, 2.05) is 30.3 Å². The van der Waals surface area contributed by atoms with E-state index in [9.17, 15) is 14.4 Å². The number of benzene rings is 1. The van der Waals surface area contributed by atoms with Crippen molar-refractivity contribution in [2.24, 2.45) is 20.0 Å². The maximum Gasteiger partial charge on any atom is 0.330 e. The van der Waals surface area contributed by atoms with E-state index >= 15 is 0 Å². The summed E-state index contributed by atoms with van der Waals surface area (Å²) in [6.07, 6.45) is 2.11. The topological polar surface area (TPSA) is 61.1 Å². The highest BCUT2D eigenvalue weighted by Crippen LogP contribution is 2.48. The molecule has 5 nitrogen and oxygen atoms in total. The molecule has 2 atom stereocenters. The van der Waals surface area contributed by atoms with E-state index in [0.29, 0.717) is 0 Å². The first-order chi connectivity index (χ1) is 10.0. The van der Waals surface area contributed by atoms with E-state index < -0.39 is 11.2 Å². The first kappa shape index (κ1) is 13.5. The lowest BCUT2D eigenvalue weighted by atomic mass is 10.0. The Morgan fingerprint density at radius 1 is 1.14 bits per heavy atom. The minimum Gasteiger partial charge on any atom is -0.303 e. The molecule has 21 heavy (non-hydrogen) atoms. The molecule has 2 aromatic rings. The number of rotatable bonds is 3. The number of aryl methyl sites for hydroxylation is 1. The molecule has 1 aliphatic carbocycles. The normalized spacial score (nSPS) is 20.3. The van der Waals surface area contributed by atoms with Gasteiger partial charge in [-0.25, -0.2) is 4.79 Å². The van der Waals surface area contributed by atoms with Crippen molar-refractivity contribution < 1.29 is 4.79 Å². The quantitative estimate of drug-likeness (QED) is 0.792. The lowest BCUT2D eigenvalue weighted by Gasteiger charge is -2.06. The monoisotopic (exact) mass is 284 g/mol. The van der Waals surface area contributed by atoms with Gasteiger partial charge in [-0.05, 0) is 17.9 Å². The summed E-state index contributed by atoms with van der Waals surface area (Å²) >= 11 is 0. The lowest BCUT2D eigenvalue weighted by molar-refractivity contribution is 0.0962. The second-order valence-electron chi connectivity index (χ2n) is 5.52. The minimum atomic E-state index is -0.512. The molecule has 1 aliphatic rings. The smallest absolute Gasteiger partial charge is 0.303 e. The van der Waals surface area contributed by atoms with Gasteiger partial charge in [0.1, 0.15) is 0 Å². The zero-order valence-corrected chi connectivity index (χ0v) is 11.9. The third-order valence-corrected chi connectivity index (χ3v) is 4.07. The van der Waals surface area contributed by atoms with Crippen molar-refractivity contribution in [3.63, 3.8) is 0 Å². The summed E-state index contributed by atoms with van der Waals surface area (Å²) in [6, 6.07) is 9.82. The number of Topliss-reactive ketones (excluding diaryl/α,β-unsaturated/α-hetero) is 1. The van der Waals surface area contributed by atoms with Crippen LogP contribution >= 0.6 is 0 Å². The van der Waals surface area contributed by atoms with E-state index in [1.54, 1.807) is 7.05 Å². The summed E-state index contributed by atoms with van der Waals surface area (Å²) in [4.78, 5) is 36.2. The van der Waals surface area contributed by atoms with Gasteiger partial charge in [0.15, 0.2) is 5.78 Å². The zero-order chi connectivity index (χ0) is 15.1. The Hall–Kier alpha value is -2.43. The first-order valence-electron chi connectivity index (χ1n) is 6.86. The number of nitrogens with zero attached hydrogens (tertiary/aromatic N) is 2. The molecule has 0 spiro atoms. The Kier molecular flexibility index (Phi) is 3.12. The standard InChI is InChI=1S/C16H16N2O3/c1-17-9-13(15(20)18(2)16(17)21)14(19)12-8-11(12)10-6-4-3-5-7-10/h3-7,9,11-12H,8H2,1-2H3. The van der Waals surface area contributed by atoms with Gasteiger partial charge >= 0.3 is 5.69 Å². The van der Waals surface area contributed by atoms with Gasteiger partial charge in [0, 0.05) is 26.2 Å². The number of carbonyl (C=O) groups excluding carboxylic acids is 1. The largest absolute Gasteiger partial charge is 0.330 e. The van der Waals surface area contributed by atoms with Crippen molar-refractivity contribution >= 4 is 5.78 Å². The molecular weight excluding hydrogens is 268 g/mol. The molecule has 3 rings (SSSR count). The van der Waals surface area contributed by atoms with E-state index in [1.165, 1.54) is 17.8 Å². The fourth-order valence-corrected chi connectivity index (χ4v) is 2.73. The zero-order valence-electron chi connectivity index (χ0n) is 11.9. The SMILES string of the molecule is Cn1cc(C(=O)C2CC2c2ccccc2)c(=O)n(C)c1=O. The van der Waals surface area contributed by atoms with E-state index in [2.05, 4.69) is 0 Å². The van der Waals surface area contributed by atoms with E-state index in [4.69, 9.17) is 0 Å². The summed E-state index contributed by atoms with van der Waals surface area (Å²) in [6.45, 7) is 0. The molecule has 5 heteroatoms. The molecule has 0 radical (unpaired) electrons. The average molecular weight is 284 g/mol. The predicted octanol–water partition coefficient (Wildman–Crippen LogP) is 1.07. The summed E-state index contributed by atoms with van der Waals surface area (Å²) in [5.74, 6) is -0.140. The molecule has 1 aromatic carbocycles. The number of carbonyl (C=O) groups is 1. The highest BCUT2D eigenvalue weighted by Gasteiger charge is 2.44. The second kappa shape index (κ2) is 4.84. The number of hydrogen-bond acceptors (Lipinski definition) is 3. The van der Waals surface area contributed by atoms with Gasteiger partial charge in [-0.15, -0.1) is 0 Å². The minimum absolute atomic E-state index is 0.100. The third kappa shape index (κ3) is 2.24. The first-order valence-corrected chi connectivity index (χ1v) is 6.86. The van der Waals surface area contributed by atoms with Crippen molar-refractivity contribution in [3.05, 3.63) is 68.5 Å². The van der Waals surface area contributed by atoms with Crippen molar-refractivity contribution in [1.29, 1.82) is 0 Å². The van der Waals surface area contributed by atoms with Crippen molar-refractivity contribution in [2.45, 2.75) is 12.3 Å². The highest BCUT2D eigenvalue weighted by atomic mass is 16.2. The van der Waals surface area contributed by atoms with Gasteiger partial charge in [-0.3, -0.25) is 14.2 Å². The van der Waals surface area contributed by atoms with Gasteiger partial charge in [0.25, 0.3) is 5.56 Å². The van der Waals surface area contributed by atoms with Gasteiger partial charge in [-0.2, -0.15) is 0 Å². The lowest BCUT2D eigenvalue weighted by Crippen LogP contribution is -2.39. The Morgan fingerprint density at radius 2 is 1.81 bits per heavy atom. The van der Waals surface area contributed by atoms with Crippen molar-refractivity contribution in [2.75, 3.05) is 0 Å². The Bertz CT molecular complexity index is 818. The van der Waals surface area contributed by atoms with Crippen LogP contribution in [0.5, 0.6) is 0 Å². The summed E-state index contributed by atoms with van der Waals surface area (Å²) in [5.41, 5.74) is 0.286. The van der Waals surface area contributed by atoms with E-state index in [0.717, 1.165) is 16.6 Å². The van der Waals surface area contributed by atoms with Gasteiger partial charge in [-0.1, -0.05) is 30.3 Å². The number of aromatic nitrogens is 2. The number of ketones is 1. The molecule has 1 aromatic heterocycles. The van der Waals surface area contributed by atoms with Gasteiger partial charge in [0.2, 0.25) is 0 Å². The Balaban J connectivity index is 1.92. The van der Waals surface area contributed by atoms with Gasteiger partial charge < -0.3 is 4.57 Å². The molecule has 0 saturated heterocycles. The van der Waals surface area contributed by atoms with Crippen LogP contribution in [0.3, 0.4) is 0 Å². The van der Waals surface area contributed by atoms with Crippen molar-refractivity contribution in [1.82, 2.24) is 9.13 Å².